The van der Waals surface area contributed by atoms with E-state index in [-0.39, 0.29) is 0 Å². The fraction of sp³-hybridized carbons (Fsp3) is 0.0154. The van der Waals surface area contributed by atoms with Gasteiger partial charge in [0.2, 0.25) is 0 Å². The average Bonchev–Trinajstić information content (AvgIpc) is 3.41. The molecule has 0 saturated heterocycles. The van der Waals surface area contributed by atoms with Gasteiger partial charge in [-0.1, -0.05) is 243 Å². The lowest BCUT2D eigenvalue weighted by Gasteiger charge is -2.24. The van der Waals surface area contributed by atoms with Gasteiger partial charge in [0.1, 0.15) is 0 Å². The minimum Gasteiger partial charge on any atom is -0.233 e. The molecule has 0 aromatic heterocycles. The van der Waals surface area contributed by atoms with Crippen LogP contribution in [0.4, 0.5) is 0 Å². The minimum absolute atomic E-state index is 0.609. The molecule has 0 heterocycles. The number of benzene rings is 10. The van der Waals surface area contributed by atoms with Gasteiger partial charge in [0, 0.05) is 11.3 Å². The Hall–Kier alpha value is -8.72. The van der Waals surface area contributed by atoms with Gasteiger partial charge in [0.05, 0.1) is 5.70 Å². The van der Waals surface area contributed by atoms with Crippen molar-refractivity contribution in [1.29, 1.82) is 0 Å². The summed E-state index contributed by atoms with van der Waals surface area (Å²) in [7, 11) is 0. The van der Waals surface area contributed by atoms with Crippen LogP contribution in [0.5, 0.6) is 0 Å². The van der Waals surface area contributed by atoms with Crippen LogP contribution in [0.1, 0.15) is 23.6 Å². The number of aliphatic imine (C=N–C) groups is 2. The third-order valence-electron chi connectivity index (χ3n) is 12.2. The number of hydrogen-bond donors (Lipinski definition) is 0. The highest BCUT2D eigenvalue weighted by molar-refractivity contribution is 6.13. The summed E-state index contributed by atoms with van der Waals surface area (Å²) in [4.78, 5) is 10.2. The SMILES string of the molecule is C=C(N=C(N=C(C)c1ccccc1)c1cccc(-c2cccc(-c3cccc(-c4cc(-c5ccccc5)c(-c5ccccc5)c(-c5ccccc5)c4-c4ccccc4)c3)c2)c1)c1ccccc1. The summed E-state index contributed by atoms with van der Waals surface area (Å²) in [5.41, 5.74) is 20.7. The molecule has 10 aromatic rings. The van der Waals surface area contributed by atoms with Crippen LogP contribution in [0.15, 0.2) is 277 Å². The summed E-state index contributed by atoms with van der Waals surface area (Å²) in [6.45, 7) is 6.38. The van der Waals surface area contributed by atoms with Crippen molar-refractivity contribution in [1.82, 2.24) is 0 Å². The Morgan fingerprint density at radius 3 is 1.13 bits per heavy atom. The van der Waals surface area contributed by atoms with Crippen molar-refractivity contribution in [2.24, 2.45) is 9.98 Å². The smallest absolute Gasteiger partial charge is 0.160 e. The molecule has 67 heavy (non-hydrogen) atoms. The molecule has 2 heteroatoms. The van der Waals surface area contributed by atoms with Crippen LogP contribution in [0, 0.1) is 0 Å². The molecule has 0 radical (unpaired) electrons. The monoisotopic (exact) mass is 856 g/mol. The molecular weight excluding hydrogens is 809 g/mol. The van der Waals surface area contributed by atoms with Crippen molar-refractivity contribution in [3.8, 4) is 77.9 Å². The van der Waals surface area contributed by atoms with Gasteiger partial charge in [-0.15, -0.1) is 0 Å². The molecule has 10 aromatic carbocycles. The van der Waals surface area contributed by atoms with Crippen molar-refractivity contribution < 1.29 is 0 Å². The zero-order valence-electron chi connectivity index (χ0n) is 37.4. The van der Waals surface area contributed by atoms with Crippen LogP contribution in [0.3, 0.4) is 0 Å². The molecule has 0 aliphatic rings. The summed E-state index contributed by atoms with van der Waals surface area (Å²) in [5.74, 6) is 0.609. The number of rotatable bonds is 11. The number of nitrogens with zero attached hydrogens (tertiary/aromatic N) is 2. The Kier molecular flexibility index (Phi) is 12.3. The molecule has 0 aliphatic heterocycles. The fourth-order valence-corrected chi connectivity index (χ4v) is 8.92. The van der Waals surface area contributed by atoms with Crippen LogP contribution in [-0.2, 0) is 0 Å². The van der Waals surface area contributed by atoms with Crippen molar-refractivity contribution >= 4 is 17.2 Å². The van der Waals surface area contributed by atoms with E-state index < -0.39 is 0 Å². The Morgan fingerprint density at radius 1 is 0.284 bits per heavy atom. The van der Waals surface area contributed by atoms with Gasteiger partial charge in [-0.3, -0.25) is 0 Å². The molecule has 2 nitrogen and oxygen atoms in total. The maximum Gasteiger partial charge on any atom is 0.160 e. The Bertz CT molecular complexity index is 3370. The van der Waals surface area contributed by atoms with E-state index >= 15 is 0 Å². The van der Waals surface area contributed by atoms with Crippen molar-refractivity contribution in [2.75, 3.05) is 0 Å². The Morgan fingerprint density at radius 2 is 0.627 bits per heavy atom. The Balaban J connectivity index is 1.11. The molecule has 0 fully saturated rings. The van der Waals surface area contributed by atoms with E-state index in [4.69, 9.17) is 9.98 Å². The van der Waals surface area contributed by atoms with Gasteiger partial charge in [-0.25, -0.2) is 9.98 Å². The molecular formula is C65H48N2. The van der Waals surface area contributed by atoms with E-state index in [1.807, 2.05) is 55.5 Å². The largest absolute Gasteiger partial charge is 0.233 e. The van der Waals surface area contributed by atoms with Gasteiger partial charge < -0.3 is 0 Å². The van der Waals surface area contributed by atoms with E-state index in [1.165, 1.54) is 50.1 Å². The second-order valence-corrected chi connectivity index (χ2v) is 16.6. The highest BCUT2D eigenvalue weighted by atomic mass is 14.9. The van der Waals surface area contributed by atoms with Crippen LogP contribution in [0.25, 0.3) is 83.6 Å². The van der Waals surface area contributed by atoms with E-state index in [1.54, 1.807) is 0 Å². The predicted molar refractivity (Wildman–Crippen MR) is 285 cm³/mol. The highest BCUT2D eigenvalue weighted by Gasteiger charge is 2.24. The van der Waals surface area contributed by atoms with E-state index in [0.717, 1.165) is 50.2 Å². The lowest BCUT2D eigenvalue weighted by Crippen LogP contribution is -2.04. The van der Waals surface area contributed by atoms with Gasteiger partial charge >= 0.3 is 0 Å². The summed E-state index contributed by atoms with van der Waals surface area (Å²) in [5, 5.41) is 0. The lowest BCUT2D eigenvalue weighted by molar-refractivity contribution is 1.44. The van der Waals surface area contributed by atoms with Crippen LogP contribution < -0.4 is 0 Å². The molecule has 0 amide bonds. The third kappa shape index (κ3) is 9.29. The first-order valence-corrected chi connectivity index (χ1v) is 22.8. The summed E-state index contributed by atoms with van der Waals surface area (Å²) >= 11 is 0. The van der Waals surface area contributed by atoms with E-state index in [2.05, 4.69) is 219 Å². The van der Waals surface area contributed by atoms with Crippen LogP contribution in [0.2, 0.25) is 0 Å². The fourth-order valence-electron chi connectivity index (χ4n) is 8.92. The first-order chi connectivity index (χ1) is 33.1. The molecule has 318 valence electrons. The van der Waals surface area contributed by atoms with E-state index in [0.29, 0.717) is 11.5 Å². The zero-order valence-corrected chi connectivity index (χ0v) is 37.4. The summed E-state index contributed by atoms with van der Waals surface area (Å²) in [6.07, 6.45) is 0. The molecule has 0 aliphatic carbocycles. The third-order valence-corrected chi connectivity index (χ3v) is 12.2. The van der Waals surface area contributed by atoms with Gasteiger partial charge in [-0.05, 0) is 120 Å². The van der Waals surface area contributed by atoms with Crippen molar-refractivity contribution in [3.05, 3.63) is 284 Å². The van der Waals surface area contributed by atoms with Gasteiger partial charge in [0.25, 0.3) is 0 Å². The second-order valence-electron chi connectivity index (χ2n) is 16.6. The van der Waals surface area contributed by atoms with Crippen LogP contribution >= 0.6 is 0 Å². The minimum atomic E-state index is 0.609. The molecule has 0 spiro atoms. The predicted octanol–water partition coefficient (Wildman–Crippen LogP) is 17.3. The summed E-state index contributed by atoms with van der Waals surface area (Å²) < 4.78 is 0. The average molecular weight is 857 g/mol. The van der Waals surface area contributed by atoms with Crippen molar-refractivity contribution in [3.63, 3.8) is 0 Å². The Labute approximate surface area is 394 Å². The van der Waals surface area contributed by atoms with Gasteiger partial charge in [-0.2, -0.15) is 0 Å². The maximum atomic E-state index is 5.13. The molecule has 0 atom stereocenters. The first-order valence-electron chi connectivity index (χ1n) is 22.8. The molecule has 0 saturated carbocycles. The van der Waals surface area contributed by atoms with Gasteiger partial charge in [0.15, 0.2) is 5.84 Å². The zero-order chi connectivity index (χ0) is 45.4. The molecule has 10 rings (SSSR count). The number of amidine groups is 1. The molecule has 0 unspecified atom stereocenters. The standard InChI is InChI=1S/C65H48N2/c1-46(48-24-9-3-10-25-48)66-65(67-47(2)49-26-11-4-12-27-49)59-41-23-39-57(44-59)55-37-21-36-54(42-55)56-38-22-40-58(43-56)61-45-60(50-28-13-5-14-29-50)62(51-30-15-6-16-31-51)64(53-34-19-8-20-35-53)63(61)52-32-17-7-18-33-52/h3-45H,1H2,2H3. The number of hydrogen-bond acceptors (Lipinski definition) is 1. The lowest BCUT2D eigenvalue weighted by atomic mass is 9.78. The highest BCUT2D eigenvalue weighted by Crippen LogP contribution is 2.50. The normalized spacial score (nSPS) is 11.6. The molecule has 0 N–H and O–H groups in total. The van der Waals surface area contributed by atoms with E-state index in [9.17, 15) is 0 Å². The second kappa shape index (κ2) is 19.6. The topological polar surface area (TPSA) is 24.7 Å². The quantitative estimate of drug-likeness (QED) is 0.0915. The maximum absolute atomic E-state index is 5.13. The molecule has 0 bridgehead atoms. The first kappa shape index (κ1) is 42.2. The van der Waals surface area contributed by atoms with Crippen LogP contribution in [-0.4, -0.2) is 11.5 Å². The summed E-state index contributed by atoms with van der Waals surface area (Å²) in [6, 6.07) is 92.5. The van der Waals surface area contributed by atoms with Crippen molar-refractivity contribution in [2.45, 2.75) is 6.92 Å².